The van der Waals surface area contributed by atoms with Gasteiger partial charge in [-0.25, -0.2) is 0 Å². The second kappa shape index (κ2) is 24.9. The molecule has 1 fully saturated rings. The predicted molar refractivity (Wildman–Crippen MR) is 175 cm³/mol. The molecule has 0 aliphatic carbocycles. The first-order chi connectivity index (χ1) is 21.8. The topological polar surface area (TPSA) is 152 Å². The van der Waals surface area contributed by atoms with Crippen LogP contribution in [0.15, 0.2) is 30.3 Å². The van der Waals surface area contributed by atoms with Crippen LogP contribution < -0.4 is 0 Å². The minimum Gasteiger partial charge on any atom is -0.394 e. The van der Waals surface area contributed by atoms with Gasteiger partial charge in [-0.15, -0.1) is 0 Å². The van der Waals surface area contributed by atoms with Crippen LogP contribution in [0.1, 0.15) is 102 Å². The van der Waals surface area contributed by atoms with Crippen LogP contribution in [0.2, 0.25) is 0 Å². The summed E-state index contributed by atoms with van der Waals surface area (Å²) in [6.07, 6.45) is 9.56. The van der Waals surface area contributed by atoms with Crippen molar-refractivity contribution >= 4 is 0 Å². The number of rotatable bonds is 27. The van der Waals surface area contributed by atoms with Gasteiger partial charge in [-0.05, 0) is 12.0 Å². The summed E-state index contributed by atoms with van der Waals surface area (Å²) in [6.45, 7) is 3.25. The maximum Gasteiger partial charge on any atom is 0.186 e. The maximum atomic E-state index is 10.7. The largest absolute Gasteiger partial charge is 0.394 e. The Kier molecular flexibility index (Phi) is 22.1. The number of nitrogens with zero attached hydrogens (tertiary/aromatic N) is 1. The molecule has 7 atom stereocenters. The third-order valence-electron chi connectivity index (χ3n) is 8.44. The van der Waals surface area contributed by atoms with Crippen LogP contribution in [0.4, 0.5) is 0 Å². The van der Waals surface area contributed by atoms with Gasteiger partial charge in [0, 0.05) is 26.2 Å². The van der Waals surface area contributed by atoms with Crippen molar-refractivity contribution in [2.45, 2.75) is 146 Å². The molecular formula is C35H63NO9. The summed E-state index contributed by atoms with van der Waals surface area (Å²) in [6, 6.07) is 9.74. The lowest BCUT2D eigenvalue weighted by atomic mass is 9.99. The number of hydrogen-bond donors (Lipinski definition) is 6. The van der Waals surface area contributed by atoms with Crippen molar-refractivity contribution < 1.29 is 44.8 Å². The fourth-order valence-electron chi connectivity index (χ4n) is 5.78. The SMILES string of the molecule is CCCCCCCCCCCCCCCCOCC(O)CN(Cc1ccccc1)CC(O)COC1O[C@H](CO)[C@@H](O)[C@H](O)[C@H]1O. The molecule has 0 saturated carbocycles. The first-order valence-electron chi connectivity index (χ1n) is 17.5. The average Bonchev–Trinajstić information content (AvgIpc) is 3.03. The standard InChI is InChI=1S/C35H63NO9/c1-2-3-4-5-6-7-8-9-10-11-12-13-14-18-21-43-26-29(38)23-36(22-28-19-16-15-17-20-28)24-30(39)27-44-35-34(42)33(41)32(40)31(25-37)45-35/h15-17,19-20,29-35,37-42H,2-14,18,21-27H2,1H3/t29?,30?,31-,32-,33+,34-,35?/m1/s1. The van der Waals surface area contributed by atoms with E-state index in [4.69, 9.17) is 14.2 Å². The van der Waals surface area contributed by atoms with Crippen LogP contribution >= 0.6 is 0 Å². The summed E-state index contributed by atoms with van der Waals surface area (Å²) in [4.78, 5) is 1.91. The van der Waals surface area contributed by atoms with Gasteiger partial charge in [0.05, 0.1) is 32.0 Å². The Hall–Kier alpha value is -1.18. The molecule has 45 heavy (non-hydrogen) atoms. The summed E-state index contributed by atoms with van der Waals surface area (Å²) < 4.78 is 16.6. The van der Waals surface area contributed by atoms with Gasteiger partial charge in [-0.3, -0.25) is 4.90 Å². The molecule has 1 aromatic rings. The van der Waals surface area contributed by atoms with E-state index in [2.05, 4.69) is 6.92 Å². The fraction of sp³-hybridized carbons (Fsp3) is 0.829. The number of unbranched alkanes of at least 4 members (excludes halogenated alkanes) is 13. The second-order valence-electron chi connectivity index (χ2n) is 12.7. The summed E-state index contributed by atoms with van der Waals surface area (Å²) in [5, 5.41) is 60.9. The lowest BCUT2D eigenvalue weighted by Gasteiger charge is -2.39. The molecule has 262 valence electrons. The molecule has 2 rings (SSSR count). The highest BCUT2D eigenvalue weighted by atomic mass is 16.7. The first-order valence-corrected chi connectivity index (χ1v) is 17.5. The Morgan fingerprint density at radius 2 is 1.24 bits per heavy atom. The minimum absolute atomic E-state index is 0.169. The molecule has 0 amide bonds. The van der Waals surface area contributed by atoms with Gasteiger partial charge in [-0.1, -0.05) is 121 Å². The molecule has 1 saturated heterocycles. The molecule has 1 aromatic carbocycles. The summed E-state index contributed by atoms with van der Waals surface area (Å²) in [5.74, 6) is 0. The Balaban J connectivity index is 1.62. The Morgan fingerprint density at radius 3 is 1.80 bits per heavy atom. The highest BCUT2D eigenvalue weighted by Gasteiger charge is 2.44. The molecule has 1 aliphatic heterocycles. The Labute approximate surface area is 271 Å². The van der Waals surface area contributed by atoms with Crippen molar-refractivity contribution in [1.82, 2.24) is 4.90 Å². The molecular weight excluding hydrogens is 578 g/mol. The third kappa shape index (κ3) is 17.5. The Bertz CT molecular complexity index is 818. The lowest BCUT2D eigenvalue weighted by molar-refractivity contribution is -0.304. The number of hydrogen-bond acceptors (Lipinski definition) is 10. The first kappa shape index (κ1) is 40.0. The van der Waals surface area contributed by atoms with Crippen molar-refractivity contribution in [3.63, 3.8) is 0 Å². The van der Waals surface area contributed by atoms with E-state index in [0.717, 1.165) is 18.4 Å². The number of aliphatic hydroxyl groups excluding tert-OH is 6. The van der Waals surface area contributed by atoms with Gasteiger partial charge in [0.1, 0.15) is 24.4 Å². The minimum atomic E-state index is -1.55. The normalized spacial score (nSPS) is 23.4. The van der Waals surface area contributed by atoms with E-state index in [1.807, 2.05) is 35.2 Å². The van der Waals surface area contributed by atoms with Gasteiger partial charge in [0.25, 0.3) is 0 Å². The second-order valence-corrected chi connectivity index (χ2v) is 12.7. The van der Waals surface area contributed by atoms with Crippen molar-refractivity contribution in [3.8, 4) is 0 Å². The zero-order valence-corrected chi connectivity index (χ0v) is 27.6. The third-order valence-corrected chi connectivity index (χ3v) is 8.44. The molecule has 0 aromatic heterocycles. The molecule has 0 spiro atoms. The quantitative estimate of drug-likeness (QED) is 0.0787. The van der Waals surface area contributed by atoms with Gasteiger partial charge < -0.3 is 44.8 Å². The number of benzene rings is 1. The summed E-state index contributed by atoms with van der Waals surface area (Å²) in [5.41, 5.74) is 1.02. The van der Waals surface area contributed by atoms with E-state index in [0.29, 0.717) is 13.2 Å². The summed E-state index contributed by atoms with van der Waals surface area (Å²) in [7, 11) is 0. The molecule has 1 aliphatic rings. The highest BCUT2D eigenvalue weighted by Crippen LogP contribution is 2.22. The van der Waals surface area contributed by atoms with E-state index in [1.165, 1.54) is 77.0 Å². The van der Waals surface area contributed by atoms with Crippen molar-refractivity contribution in [2.24, 2.45) is 0 Å². The van der Waals surface area contributed by atoms with Crippen LogP contribution in [0.5, 0.6) is 0 Å². The predicted octanol–water partition coefficient (Wildman–Crippen LogP) is 3.52. The zero-order chi connectivity index (χ0) is 32.7. The molecule has 6 N–H and O–H groups in total. The van der Waals surface area contributed by atoms with E-state index < -0.39 is 49.5 Å². The van der Waals surface area contributed by atoms with Crippen LogP contribution in [0.25, 0.3) is 0 Å². The van der Waals surface area contributed by atoms with Crippen molar-refractivity contribution in [3.05, 3.63) is 35.9 Å². The number of ether oxygens (including phenoxy) is 3. The van der Waals surface area contributed by atoms with Gasteiger partial charge >= 0.3 is 0 Å². The Morgan fingerprint density at radius 1 is 0.711 bits per heavy atom. The smallest absolute Gasteiger partial charge is 0.186 e. The number of aliphatic hydroxyl groups is 6. The van der Waals surface area contributed by atoms with E-state index in [9.17, 15) is 30.6 Å². The van der Waals surface area contributed by atoms with Crippen LogP contribution in [0, 0.1) is 0 Å². The van der Waals surface area contributed by atoms with Gasteiger partial charge in [0.2, 0.25) is 0 Å². The van der Waals surface area contributed by atoms with Gasteiger partial charge in [-0.2, -0.15) is 0 Å². The van der Waals surface area contributed by atoms with Crippen LogP contribution in [-0.4, -0.2) is 118 Å². The van der Waals surface area contributed by atoms with Crippen molar-refractivity contribution in [2.75, 3.05) is 39.5 Å². The van der Waals surface area contributed by atoms with E-state index >= 15 is 0 Å². The van der Waals surface area contributed by atoms with Crippen LogP contribution in [0.3, 0.4) is 0 Å². The lowest BCUT2D eigenvalue weighted by Crippen LogP contribution is -2.59. The molecule has 3 unspecified atom stereocenters. The highest BCUT2D eigenvalue weighted by molar-refractivity contribution is 5.14. The molecule has 0 bridgehead atoms. The van der Waals surface area contributed by atoms with Crippen molar-refractivity contribution in [1.29, 1.82) is 0 Å². The van der Waals surface area contributed by atoms with E-state index in [-0.39, 0.29) is 26.3 Å². The average molecular weight is 642 g/mol. The van der Waals surface area contributed by atoms with E-state index in [1.54, 1.807) is 0 Å². The molecule has 1 heterocycles. The van der Waals surface area contributed by atoms with Gasteiger partial charge in [0.15, 0.2) is 6.29 Å². The molecule has 10 heteroatoms. The monoisotopic (exact) mass is 641 g/mol. The zero-order valence-electron chi connectivity index (χ0n) is 27.6. The summed E-state index contributed by atoms with van der Waals surface area (Å²) >= 11 is 0. The van der Waals surface area contributed by atoms with Crippen LogP contribution in [-0.2, 0) is 20.8 Å². The molecule has 10 nitrogen and oxygen atoms in total. The maximum absolute atomic E-state index is 10.7. The molecule has 0 radical (unpaired) electrons. The fourth-order valence-corrected chi connectivity index (χ4v) is 5.78.